The normalized spacial score (nSPS) is 10.6. The molecule has 1 N–H and O–H groups in total. The highest BCUT2D eigenvalue weighted by Crippen LogP contribution is 2.24. The van der Waals surface area contributed by atoms with Crippen molar-refractivity contribution in [3.63, 3.8) is 0 Å². The molecule has 8 nitrogen and oxygen atoms in total. The molecule has 0 saturated heterocycles. The van der Waals surface area contributed by atoms with Gasteiger partial charge in [-0.05, 0) is 42.7 Å². The highest BCUT2D eigenvalue weighted by Gasteiger charge is 2.21. The van der Waals surface area contributed by atoms with E-state index in [1.54, 1.807) is 13.8 Å². The quantitative estimate of drug-likeness (QED) is 0.242. The number of esters is 1. The Kier molecular flexibility index (Phi) is 10.2. The molecule has 1 heterocycles. The van der Waals surface area contributed by atoms with Gasteiger partial charge in [-0.25, -0.2) is 9.97 Å². The maximum Gasteiger partial charge on any atom is 0.325 e. The number of nitrogens with one attached hydrogen (secondary N) is 1. The Morgan fingerprint density at radius 3 is 2.15 bits per heavy atom. The van der Waals surface area contributed by atoms with Crippen molar-refractivity contribution < 1.29 is 23.8 Å². The number of aryl methyl sites for hydroxylation is 1. The van der Waals surface area contributed by atoms with Crippen LogP contribution >= 0.6 is 0 Å². The Bertz CT molecular complexity index is 1390. The number of rotatable bonds is 13. The lowest BCUT2D eigenvalue weighted by Crippen LogP contribution is -2.32. The van der Waals surface area contributed by atoms with Crippen LogP contribution in [0.3, 0.4) is 0 Å². The summed E-state index contributed by atoms with van der Waals surface area (Å²) in [5, 5.41) is 2.58. The van der Waals surface area contributed by atoms with Crippen LogP contribution in [0, 0.1) is 6.92 Å². The first-order valence-electron chi connectivity index (χ1n) is 13.3. The molecule has 0 fully saturated rings. The SMILES string of the molecule is CCOC(=O)CNC(=O)c1nc(Cc2ccc(OCCc3ccccc3)cc2)nc(C)c1OCc1ccccc1. The number of hydrogen-bond acceptors (Lipinski definition) is 7. The fourth-order valence-corrected chi connectivity index (χ4v) is 4.02. The van der Waals surface area contributed by atoms with Gasteiger partial charge in [0.05, 0.1) is 18.9 Å². The van der Waals surface area contributed by atoms with Gasteiger partial charge in [-0.1, -0.05) is 72.8 Å². The van der Waals surface area contributed by atoms with E-state index in [4.69, 9.17) is 14.2 Å². The van der Waals surface area contributed by atoms with Gasteiger partial charge in [0, 0.05) is 12.8 Å². The van der Waals surface area contributed by atoms with Gasteiger partial charge in [-0.15, -0.1) is 0 Å². The molecule has 0 atom stereocenters. The maximum atomic E-state index is 13.1. The summed E-state index contributed by atoms with van der Waals surface area (Å²) < 4.78 is 16.8. The Hall–Kier alpha value is -4.72. The van der Waals surface area contributed by atoms with Gasteiger partial charge >= 0.3 is 5.97 Å². The van der Waals surface area contributed by atoms with Crippen LogP contribution in [-0.4, -0.2) is 41.6 Å². The molecule has 0 aliphatic heterocycles. The van der Waals surface area contributed by atoms with Crippen molar-refractivity contribution in [1.29, 1.82) is 0 Å². The van der Waals surface area contributed by atoms with E-state index in [1.165, 1.54) is 5.56 Å². The van der Waals surface area contributed by atoms with Crippen LogP contribution in [0.25, 0.3) is 0 Å². The van der Waals surface area contributed by atoms with Gasteiger partial charge in [0.25, 0.3) is 5.91 Å². The zero-order valence-electron chi connectivity index (χ0n) is 22.8. The molecular formula is C32H33N3O5. The second-order valence-corrected chi connectivity index (χ2v) is 9.07. The number of ether oxygens (including phenoxy) is 3. The fraction of sp³-hybridized carbons (Fsp3) is 0.250. The number of aromatic nitrogens is 2. The predicted octanol–water partition coefficient (Wildman–Crippen LogP) is 4.87. The second-order valence-electron chi connectivity index (χ2n) is 9.07. The Morgan fingerprint density at radius 2 is 1.48 bits per heavy atom. The Labute approximate surface area is 234 Å². The minimum atomic E-state index is -0.537. The van der Waals surface area contributed by atoms with Crippen LogP contribution in [-0.2, 0) is 29.0 Å². The third-order valence-corrected chi connectivity index (χ3v) is 6.01. The molecule has 0 aliphatic rings. The minimum absolute atomic E-state index is 0.0728. The summed E-state index contributed by atoms with van der Waals surface area (Å²) in [5.74, 6) is 0.449. The predicted molar refractivity (Wildman–Crippen MR) is 151 cm³/mol. The number of nitrogens with zero attached hydrogens (tertiary/aromatic N) is 2. The molecule has 0 radical (unpaired) electrons. The first-order chi connectivity index (χ1) is 19.5. The van der Waals surface area contributed by atoms with Crippen molar-refractivity contribution in [2.75, 3.05) is 19.8 Å². The summed E-state index contributed by atoms with van der Waals surface area (Å²) in [4.78, 5) is 34.0. The van der Waals surface area contributed by atoms with Crippen molar-refractivity contribution >= 4 is 11.9 Å². The van der Waals surface area contributed by atoms with Gasteiger partial charge in [0.1, 0.15) is 24.7 Å². The Morgan fingerprint density at radius 1 is 0.800 bits per heavy atom. The summed E-state index contributed by atoms with van der Waals surface area (Å²) in [6.07, 6.45) is 1.23. The summed E-state index contributed by atoms with van der Waals surface area (Å²) in [5.41, 5.74) is 3.73. The van der Waals surface area contributed by atoms with Gasteiger partial charge in [0.2, 0.25) is 0 Å². The molecule has 4 aromatic rings. The molecule has 4 rings (SSSR count). The van der Waals surface area contributed by atoms with Crippen molar-refractivity contribution in [3.05, 3.63) is 119 Å². The van der Waals surface area contributed by atoms with Crippen molar-refractivity contribution in [2.45, 2.75) is 33.3 Å². The monoisotopic (exact) mass is 539 g/mol. The average Bonchev–Trinajstić information content (AvgIpc) is 2.97. The van der Waals surface area contributed by atoms with Crippen LogP contribution in [0.1, 0.15) is 45.6 Å². The molecule has 40 heavy (non-hydrogen) atoms. The van der Waals surface area contributed by atoms with Crippen LogP contribution in [0.15, 0.2) is 84.9 Å². The summed E-state index contributed by atoms with van der Waals surface area (Å²) in [6, 6.07) is 27.5. The third kappa shape index (κ3) is 8.39. The molecular weight excluding hydrogens is 506 g/mol. The summed E-state index contributed by atoms with van der Waals surface area (Å²) in [7, 11) is 0. The molecule has 0 unspecified atom stereocenters. The van der Waals surface area contributed by atoms with Crippen LogP contribution < -0.4 is 14.8 Å². The highest BCUT2D eigenvalue weighted by atomic mass is 16.5. The largest absolute Gasteiger partial charge is 0.493 e. The fourth-order valence-electron chi connectivity index (χ4n) is 4.02. The molecule has 1 aromatic heterocycles. The lowest BCUT2D eigenvalue weighted by atomic mass is 10.1. The maximum absolute atomic E-state index is 13.1. The van der Waals surface area contributed by atoms with E-state index in [1.807, 2.05) is 72.8 Å². The topological polar surface area (TPSA) is 99.6 Å². The molecule has 0 spiro atoms. The zero-order chi connectivity index (χ0) is 28.2. The molecule has 3 aromatic carbocycles. The van der Waals surface area contributed by atoms with E-state index >= 15 is 0 Å². The van der Waals surface area contributed by atoms with Crippen LogP contribution in [0.5, 0.6) is 11.5 Å². The van der Waals surface area contributed by atoms with E-state index < -0.39 is 11.9 Å². The zero-order valence-corrected chi connectivity index (χ0v) is 22.8. The van der Waals surface area contributed by atoms with Crippen molar-refractivity contribution in [1.82, 2.24) is 15.3 Å². The highest BCUT2D eigenvalue weighted by molar-refractivity contribution is 5.96. The first-order valence-corrected chi connectivity index (χ1v) is 13.3. The standard InChI is InChI=1S/C32H33N3O5/c1-3-38-29(36)21-33-32(37)30-31(40-22-26-12-8-5-9-13-26)23(2)34-28(35-30)20-25-14-16-27(17-15-25)39-19-18-24-10-6-4-7-11-24/h4-17H,3,18-22H2,1-2H3,(H,33,37). The number of amides is 1. The average molecular weight is 540 g/mol. The number of benzene rings is 3. The molecule has 0 aliphatic carbocycles. The van der Waals surface area contributed by atoms with Gasteiger partial charge in [0.15, 0.2) is 11.4 Å². The van der Waals surface area contributed by atoms with Crippen molar-refractivity contribution in [3.8, 4) is 11.5 Å². The smallest absolute Gasteiger partial charge is 0.325 e. The van der Waals surface area contributed by atoms with E-state index in [9.17, 15) is 9.59 Å². The van der Waals surface area contributed by atoms with Crippen LogP contribution in [0.2, 0.25) is 0 Å². The first kappa shape index (κ1) is 28.3. The lowest BCUT2D eigenvalue weighted by Gasteiger charge is -2.15. The lowest BCUT2D eigenvalue weighted by molar-refractivity contribution is -0.141. The molecule has 0 saturated carbocycles. The summed E-state index contributed by atoms with van der Waals surface area (Å²) in [6.45, 7) is 4.27. The van der Waals surface area contributed by atoms with Gasteiger partial charge in [-0.2, -0.15) is 0 Å². The van der Waals surface area contributed by atoms with Gasteiger partial charge in [-0.3, -0.25) is 9.59 Å². The molecule has 1 amide bonds. The Balaban J connectivity index is 1.46. The van der Waals surface area contributed by atoms with Crippen LogP contribution in [0.4, 0.5) is 0 Å². The second kappa shape index (κ2) is 14.4. The van der Waals surface area contributed by atoms with E-state index in [2.05, 4.69) is 27.4 Å². The van der Waals surface area contributed by atoms with Gasteiger partial charge < -0.3 is 19.5 Å². The van der Waals surface area contributed by atoms with E-state index in [0.29, 0.717) is 24.5 Å². The number of hydrogen-bond donors (Lipinski definition) is 1. The number of carbonyl (C=O) groups is 2. The molecule has 206 valence electrons. The minimum Gasteiger partial charge on any atom is -0.493 e. The molecule has 8 heteroatoms. The molecule has 0 bridgehead atoms. The number of carbonyl (C=O) groups excluding carboxylic acids is 2. The van der Waals surface area contributed by atoms with Crippen molar-refractivity contribution in [2.24, 2.45) is 0 Å². The van der Waals surface area contributed by atoms with E-state index in [0.717, 1.165) is 23.3 Å². The summed E-state index contributed by atoms with van der Waals surface area (Å²) >= 11 is 0. The third-order valence-electron chi connectivity index (χ3n) is 6.01. The van der Waals surface area contributed by atoms with E-state index in [-0.39, 0.29) is 31.2 Å².